The molecule has 6 nitrogen and oxygen atoms in total. The summed E-state index contributed by atoms with van der Waals surface area (Å²) in [6, 6.07) is 11.2. The highest BCUT2D eigenvalue weighted by Crippen LogP contribution is 2.36. The number of carbonyl (C=O) groups excluding carboxylic acids is 1. The highest BCUT2D eigenvalue weighted by molar-refractivity contribution is 6.31. The van der Waals surface area contributed by atoms with Gasteiger partial charge in [-0.1, -0.05) is 23.7 Å². The van der Waals surface area contributed by atoms with E-state index < -0.39 is 22.8 Å². The summed E-state index contributed by atoms with van der Waals surface area (Å²) in [5.74, 6) is 0.519. The molecule has 10 heteroatoms. The number of hydrogen-bond donors (Lipinski definition) is 2. The summed E-state index contributed by atoms with van der Waals surface area (Å²) >= 11 is 5.56. The predicted octanol–water partition coefficient (Wildman–Crippen LogP) is 5.26. The molecule has 0 fully saturated rings. The third-order valence-corrected chi connectivity index (χ3v) is 3.99. The highest BCUT2D eigenvalue weighted by Gasteiger charge is 2.33. The molecule has 150 valence electrons. The first-order valence-corrected chi connectivity index (χ1v) is 8.64. The van der Waals surface area contributed by atoms with E-state index >= 15 is 0 Å². The number of aromatic nitrogens is 2. The number of urea groups is 1. The van der Waals surface area contributed by atoms with Gasteiger partial charge in [0.2, 0.25) is 0 Å². The first-order chi connectivity index (χ1) is 13.8. The molecule has 1 aromatic heterocycles. The topological polar surface area (TPSA) is 76.1 Å². The maximum absolute atomic E-state index is 12.9. The average Bonchev–Trinajstić information content (AvgIpc) is 2.69. The lowest BCUT2D eigenvalue weighted by atomic mass is 10.2. The standard InChI is InChI=1S/C19H14ClF3N4O2/c20-16-7-4-13(10-15(16)19(21,22)23)27-17(28)26-11-12-2-5-14(6-3-12)29-18-24-8-1-9-25-18/h1-10H,11H2,(H2,26,27,28). The van der Waals surface area contributed by atoms with Crippen molar-refractivity contribution >= 4 is 23.3 Å². The number of halogens is 4. The van der Waals surface area contributed by atoms with Crippen LogP contribution in [0.4, 0.5) is 23.7 Å². The largest absolute Gasteiger partial charge is 0.424 e. The fourth-order valence-electron chi connectivity index (χ4n) is 2.30. The van der Waals surface area contributed by atoms with Gasteiger partial charge < -0.3 is 15.4 Å². The average molecular weight is 423 g/mol. The first-order valence-electron chi connectivity index (χ1n) is 8.27. The van der Waals surface area contributed by atoms with E-state index in [2.05, 4.69) is 20.6 Å². The van der Waals surface area contributed by atoms with Gasteiger partial charge in [0.25, 0.3) is 0 Å². The van der Waals surface area contributed by atoms with Crippen molar-refractivity contribution in [2.75, 3.05) is 5.32 Å². The van der Waals surface area contributed by atoms with Crippen LogP contribution in [0, 0.1) is 0 Å². The molecular weight excluding hydrogens is 409 g/mol. The Morgan fingerprint density at radius 3 is 2.41 bits per heavy atom. The summed E-state index contributed by atoms with van der Waals surface area (Å²) in [7, 11) is 0. The van der Waals surface area contributed by atoms with E-state index in [1.165, 1.54) is 6.07 Å². The van der Waals surface area contributed by atoms with Crippen molar-refractivity contribution in [3.63, 3.8) is 0 Å². The Morgan fingerprint density at radius 2 is 1.76 bits per heavy atom. The molecular formula is C19H14ClF3N4O2. The summed E-state index contributed by atoms with van der Waals surface area (Å²) in [4.78, 5) is 19.9. The van der Waals surface area contributed by atoms with Crippen LogP contribution in [0.1, 0.15) is 11.1 Å². The number of hydrogen-bond acceptors (Lipinski definition) is 4. The Kier molecular flexibility index (Phi) is 6.18. The number of rotatable bonds is 5. The minimum atomic E-state index is -4.61. The molecule has 0 unspecified atom stereocenters. The molecule has 0 saturated heterocycles. The molecule has 0 aliphatic carbocycles. The highest BCUT2D eigenvalue weighted by atomic mass is 35.5. The summed E-state index contributed by atoms with van der Waals surface area (Å²) in [6.07, 6.45) is -1.50. The van der Waals surface area contributed by atoms with Crippen LogP contribution in [0.3, 0.4) is 0 Å². The number of ether oxygens (including phenoxy) is 1. The van der Waals surface area contributed by atoms with Crippen molar-refractivity contribution in [1.82, 2.24) is 15.3 Å². The van der Waals surface area contributed by atoms with E-state index in [9.17, 15) is 18.0 Å². The Hall–Kier alpha value is -3.33. The molecule has 0 aliphatic rings. The smallest absolute Gasteiger partial charge is 0.417 e. The maximum Gasteiger partial charge on any atom is 0.417 e. The molecule has 0 bridgehead atoms. The zero-order valence-electron chi connectivity index (χ0n) is 14.7. The normalized spacial score (nSPS) is 11.0. The number of carbonyl (C=O) groups is 1. The van der Waals surface area contributed by atoms with Crippen LogP contribution >= 0.6 is 11.6 Å². The lowest BCUT2D eigenvalue weighted by Crippen LogP contribution is -2.28. The van der Waals surface area contributed by atoms with E-state index in [0.29, 0.717) is 5.75 Å². The minimum absolute atomic E-state index is 0.0224. The quantitative estimate of drug-likeness (QED) is 0.587. The van der Waals surface area contributed by atoms with Crippen LogP contribution in [0.2, 0.25) is 5.02 Å². The minimum Gasteiger partial charge on any atom is -0.424 e. The Labute approximate surface area is 168 Å². The lowest BCUT2D eigenvalue weighted by molar-refractivity contribution is -0.137. The molecule has 29 heavy (non-hydrogen) atoms. The molecule has 3 aromatic rings. The molecule has 2 N–H and O–H groups in total. The van der Waals surface area contributed by atoms with Crippen molar-refractivity contribution in [3.8, 4) is 11.8 Å². The van der Waals surface area contributed by atoms with Crippen molar-refractivity contribution in [2.45, 2.75) is 12.7 Å². The van der Waals surface area contributed by atoms with Gasteiger partial charge in [0.05, 0.1) is 10.6 Å². The van der Waals surface area contributed by atoms with Crippen molar-refractivity contribution in [2.24, 2.45) is 0 Å². The molecule has 0 aliphatic heterocycles. The first kappa shape index (κ1) is 20.4. The van der Waals surface area contributed by atoms with Crippen LogP contribution < -0.4 is 15.4 Å². The van der Waals surface area contributed by atoms with Crippen molar-refractivity contribution < 1.29 is 22.7 Å². The second-order valence-electron chi connectivity index (χ2n) is 5.78. The molecule has 2 aromatic carbocycles. The summed E-state index contributed by atoms with van der Waals surface area (Å²) < 4.78 is 44.1. The second kappa shape index (κ2) is 8.78. The molecule has 3 rings (SSSR count). The molecule has 0 saturated carbocycles. The van der Waals surface area contributed by atoms with Gasteiger partial charge >= 0.3 is 18.2 Å². The Morgan fingerprint density at radius 1 is 1.07 bits per heavy atom. The van der Waals surface area contributed by atoms with Crippen LogP contribution in [0.5, 0.6) is 11.8 Å². The number of nitrogens with one attached hydrogen (secondary N) is 2. The third-order valence-electron chi connectivity index (χ3n) is 3.66. The van der Waals surface area contributed by atoms with E-state index in [4.69, 9.17) is 16.3 Å². The summed E-state index contributed by atoms with van der Waals surface area (Å²) in [5, 5.41) is 4.47. The van der Waals surface area contributed by atoms with Gasteiger partial charge in [0.15, 0.2) is 0 Å². The monoisotopic (exact) mass is 422 g/mol. The van der Waals surface area contributed by atoms with Crippen LogP contribution in [0.15, 0.2) is 60.9 Å². The molecule has 2 amide bonds. The number of alkyl halides is 3. The third kappa shape index (κ3) is 5.82. The van der Waals surface area contributed by atoms with Crippen LogP contribution in [0.25, 0.3) is 0 Å². The molecule has 0 radical (unpaired) electrons. The summed E-state index contributed by atoms with van der Waals surface area (Å²) in [5.41, 5.74) is -0.283. The van der Waals surface area contributed by atoms with Gasteiger partial charge in [-0.15, -0.1) is 0 Å². The molecule has 0 spiro atoms. The van der Waals surface area contributed by atoms with Crippen molar-refractivity contribution in [1.29, 1.82) is 0 Å². The fourth-order valence-corrected chi connectivity index (χ4v) is 2.52. The number of amides is 2. The number of anilines is 1. The molecule has 0 atom stereocenters. The number of nitrogens with zero attached hydrogens (tertiary/aromatic N) is 2. The van der Waals surface area contributed by atoms with E-state index in [-0.39, 0.29) is 18.2 Å². The predicted molar refractivity (Wildman–Crippen MR) is 101 cm³/mol. The van der Waals surface area contributed by atoms with E-state index in [1.807, 2.05) is 0 Å². The SMILES string of the molecule is O=C(NCc1ccc(Oc2ncccn2)cc1)Nc1ccc(Cl)c(C(F)(F)F)c1. The number of benzene rings is 2. The zero-order chi connectivity index (χ0) is 20.9. The van der Waals surface area contributed by atoms with Crippen molar-refractivity contribution in [3.05, 3.63) is 77.1 Å². The van der Waals surface area contributed by atoms with E-state index in [0.717, 1.165) is 17.7 Å². The van der Waals surface area contributed by atoms with Gasteiger partial charge in [-0.2, -0.15) is 13.2 Å². The second-order valence-corrected chi connectivity index (χ2v) is 6.18. The van der Waals surface area contributed by atoms with Gasteiger partial charge in [0, 0.05) is 24.6 Å². The van der Waals surface area contributed by atoms with Gasteiger partial charge in [-0.3, -0.25) is 0 Å². The van der Waals surface area contributed by atoms with Crippen LogP contribution in [-0.4, -0.2) is 16.0 Å². The van der Waals surface area contributed by atoms with Gasteiger partial charge in [0.1, 0.15) is 5.75 Å². The van der Waals surface area contributed by atoms with Crippen LogP contribution in [-0.2, 0) is 12.7 Å². The van der Waals surface area contributed by atoms with Gasteiger partial charge in [-0.05, 0) is 42.0 Å². The fraction of sp³-hybridized carbons (Fsp3) is 0.105. The zero-order valence-corrected chi connectivity index (χ0v) is 15.5. The van der Waals surface area contributed by atoms with E-state index in [1.54, 1.807) is 42.7 Å². The molecule has 1 heterocycles. The summed E-state index contributed by atoms with van der Waals surface area (Å²) in [6.45, 7) is 0.160. The lowest BCUT2D eigenvalue weighted by Gasteiger charge is -2.12. The van der Waals surface area contributed by atoms with Gasteiger partial charge in [-0.25, -0.2) is 14.8 Å². The Balaban J connectivity index is 1.54. The Bertz CT molecular complexity index is 983. The maximum atomic E-state index is 12.9.